The second-order valence-corrected chi connectivity index (χ2v) is 6.85. The van der Waals surface area contributed by atoms with Gasteiger partial charge in [-0.25, -0.2) is 15.0 Å². The fraction of sp³-hybridized carbons (Fsp3) is 0.400. The summed E-state index contributed by atoms with van der Waals surface area (Å²) >= 11 is 1.54. The van der Waals surface area contributed by atoms with Crippen molar-refractivity contribution >= 4 is 22.5 Å². The average molecular weight is 348 g/mol. The van der Waals surface area contributed by atoms with Crippen molar-refractivity contribution in [1.82, 2.24) is 19.5 Å². The third-order valence-electron chi connectivity index (χ3n) is 4.30. The lowest BCUT2D eigenvalue weighted by Gasteiger charge is -2.27. The molecule has 4 atom stereocenters. The van der Waals surface area contributed by atoms with Crippen LogP contribution >= 0.6 is 11.3 Å². The van der Waals surface area contributed by atoms with Crippen molar-refractivity contribution in [3.63, 3.8) is 0 Å². The highest BCUT2D eigenvalue weighted by atomic mass is 32.1. The molecule has 126 valence electrons. The summed E-state index contributed by atoms with van der Waals surface area (Å²) < 4.78 is 7.20. The second kappa shape index (κ2) is 5.57. The Morgan fingerprint density at radius 1 is 1.38 bits per heavy atom. The minimum Gasteiger partial charge on any atom is -0.394 e. The van der Waals surface area contributed by atoms with Gasteiger partial charge in [0.15, 0.2) is 11.9 Å². The zero-order valence-corrected chi connectivity index (χ0v) is 13.6. The van der Waals surface area contributed by atoms with E-state index in [1.165, 1.54) is 19.6 Å². The van der Waals surface area contributed by atoms with E-state index in [0.717, 1.165) is 4.88 Å². The lowest BCUT2D eigenvalue weighted by molar-refractivity contribution is -0.0950. The van der Waals surface area contributed by atoms with Crippen molar-refractivity contribution in [1.29, 1.82) is 0 Å². The van der Waals surface area contributed by atoms with Gasteiger partial charge in [-0.2, -0.15) is 0 Å². The van der Waals surface area contributed by atoms with Gasteiger partial charge in [-0.1, -0.05) is 6.07 Å². The van der Waals surface area contributed by atoms with Crippen LogP contribution in [0.5, 0.6) is 0 Å². The number of thiophene rings is 1. The molecule has 1 saturated heterocycles. The van der Waals surface area contributed by atoms with Crippen LogP contribution in [0.15, 0.2) is 30.2 Å². The molecule has 1 aliphatic rings. The number of ether oxygens (including phenoxy) is 1. The Bertz CT molecular complexity index is 864. The standard InChI is InChI=1S/C15H16N4O4S/c1-15(22)12(21)8(5-20)23-14(15)19-7-18-11-10(9-3-2-4-24-9)16-6-17-13(11)19/h2-4,6-8,12,14,20-22H,5H2,1H3/t8-,12-,14?,15-/m1/s1. The Hall–Kier alpha value is -1.91. The van der Waals surface area contributed by atoms with Crippen molar-refractivity contribution in [3.05, 3.63) is 30.2 Å². The van der Waals surface area contributed by atoms with E-state index in [2.05, 4.69) is 15.0 Å². The molecule has 9 heteroatoms. The Labute approximate surface area is 141 Å². The molecule has 3 aromatic heterocycles. The van der Waals surface area contributed by atoms with Gasteiger partial charge >= 0.3 is 0 Å². The smallest absolute Gasteiger partial charge is 0.168 e. The third kappa shape index (κ3) is 2.17. The van der Waals surface area contributed by atoms with Crippen molar-refractivity contribution in [2.45, 2.75) is 31.0 Å². The van der Waals surface area contributed by atoms with Crippen LogP contribution in [-0.4, -0.2) is 59.3 Å². The molecule has 0 aromatic carbocycles. The van der Waals surface area contributed by atoms with Crippen LogP contribution in [0.1, 0.15) is 13.2 Å². The summed E-state index contributed by atoms with van der Waals surface area (Å²) in [5.41, 5.74) is 0.186. The van der Waals surface area contributed by atoms with E-state index >= 15 is 0 Å². The van der Waals surface area contributed by atoms with Crippen molar-refractivity contribution < 1.29 is 20.1 Å². The number of aromatic nitrogens is 4. The normalized spacial score (nSPS) is 30.2. The van der Waals surface area contributed by atoms with Crippen LogP contribution in [0.4, 0.5) is 0 Å². The molecule has 0 saturated carbocycles. The van der Waals surface area contributed by atoms with Crippen LogP contribution < -0.4 is 0 Å². The number of imidazole rings is 1. The zero-order valence-electron chi connectivity index (χ0n) is 12.8. The molecule has 3 N–H and O–H groups in total. The molecular weight excluding hydrogens is 332 g/mol. The maximum absolute atomic E-state index is 10.6. The first kappa shape index (κ1) is 15.6. The number of hydrogen-bond donors (Lipinski definition) is 3. The minimum absolute atomic E-state index is 0.393. The molecule has 24 heavy (non-hydrogen) atoms. The first-order valence-electron chi connectivity index (χ1n) is 7.42. The summed E-state index contributed by atoms with van der Waals surface area (Å²) in [6.07, 6.45) is -0.0771. The summed E-state index contributed by atoms with van der Waals surface area (Å²) in [6.45, 7) is 1.07. The number of aliphatic hydroxyl groups is 3. The summed E-state index contributed by atoms with van der Waals surface area (Å²) in [7, 11) is 0. The molecule has 0 spiro atoms. The molecule has 0 radical (unpaired) electrons. The summed E-state index contributed by atoms with van der Waals surface area (Å²) in [5.74, 6) is 0. The summed E-state index contributed by atoms with van der Waals surface area (Å²) in [5, 5.41) is 32.1. The van der Waals surface area contributed by atoms with E-state index in [-0.39, 0.29) is 0 Å². The zero-order chi connectivity index (χ0) is 16.9. The Morgan fingerprint density at radius 2 is 2.21 bits per heavy atom. The summed E-state index contributed by atoms with van der Waals surface area (Å²) in [6, 6.07) is 3.87. The van der Waals surface area contributed by atoms with E-state index < -0.39 is 30.6 Å². The largest absolute Gasteiger partial charge is 0.394 e. The van der Waals surface area contributed by atoms with Gasteiger partial charge in [0.1, 0.15) is 35.3 Å². The summed E-state index contributed by atoms with van der Waals surface area (Å²) in [4.78, 5) is 13.9. The van der Waals surface area contributed by atoms with E-state index in [1.807, 2.05) is 17.5 Å². The highest BCUT2D eigenvalue weighted by molar-refractivity contribution is 7.13. The number of aliphatic hydroxyl groups excluding tert-OH is 2. The van der Waals surface area contributed by atoms with Crippen LogP contribution in [-0.2, 0) is 4.74 Å². The monoisotopic (exact) mass is 348 g/mol. The van der Waals surface area contributed by atoms with Crippen molar-refractivity contribution in [3.8, 4) is 10.6 Å². The highest BCUT2D eigenvalue weighted by Crippen LogP contribution is 2.40. The lowest BCUT2D eigenvalue weighted by atomic mass is 9.96. The molecule has 4 rings (SSSR count). The maximum Gasteiger partial charge on any atom is 0.168 e. The van der Waals surface area contributed by atoms with Gasteiger partial charge in [0.25, 0.3) is 0 Å². The van der Waals surface area contributed by atoms with Gasteiger partial charge in [-0.05, 0) is 18.4 Å². The maximum atomic E-state index is 10.6. The minimum atomic E-state index is -1.59. The molecule has 8 nitrogen and oxygen atoms in total. The Morgan fingerprint density at radius 3 is 2.88 bits per heavy atom. The number of hydrogen-bond acceptors (Lipinski definition) is 8. The third-order valence-corrected chi connectivity index (χ3v) is 5.18. The molecule has 1 aliphatic heterocycles. The number of fused-ring (bicyclic) bond motifs is 1. The molecule has 0 bridgehead atoms. The van der Waals surface area contributed by atoms with Crippen molar-refractivity contribution in [2.75, 3.05) is 6.61 Å². The lowest BCUT2D eigenvalue weighted by Crippen LogP contribution is -2.44. The topological polar surface area (TPSA) is 114 Å². The SMILES string of the molecule is C[C@]1(O)C(n2cnc3c(-c4cccs4)ncnc32)O[C@H](CO)[C@H]1O. The highest BCUT2D eigenvalue weighted by Gasteiger charge is 2.53. The van der Waals surface area contributed by atoms with E-state index in [9.17, 15) is 15.3 Å². The fourth-order valence-corrected chi connectivity index (χ4v) is 3.73. The molecule has 0 aliphatic carbocycles. The predicted molar refractivity (Wildman–Crippen MR) is 86.3 cm³/mol. The quantitative estimate of drug-likeness (QED) is 0.633. The fourth-order valence-electron chi connectivity index (χ4n) is 3.01. The van der Waals surface area contributed by atoms with Gasteiger partial charge in [0, 0.05) is 0 Å². The van der Waals surface area contributed by atoms with Crippen LogP contribution in [0, 0.1) is 0 Å². The number of nitrogens with zero attached hydrogens (tertiary/aromatic N) is 4. The first-order chi connectivity index (χ1) is 11.5. The predicted octanol–water partition coefficient (Wildman–Crippen LogP) is 0.556. The molecule has 1 unspecified atom stereocenters. The van der Waals surface area contributed by atoms with Crippen molar-refractivity contribution in [2.24, 2.45) is 0 Å². The van der Waals surface area contributed by atoms with Gasteiger partial charge in [-0.15, -0.1) is 11.3 Å². The van der Waals surface area contributed by atoms with E-state index in [0.29, 0.717) is 16.9 Å². The van der Waals surface area contributed by atoms with Gasteiger partial charge < -0.3 is 20.1 Å². The molecular formula is C15H16N4O4S. The average Bonchev–Trinajstić information content (AvgIpc) is 3.28. The molecule has 3 aromatic rings. The van der Waals surface area contributed by atoms with Gasteiger partial charge in [0.05, 0.1) is 17.8 Å². The number of rotatable bonds is 3. The molecule has 0 amide bonds. The van der Waals surface area contributed by atoms with Crippen LogP contribution in [0.3, 0.4) is 0 Å². The van der Waals surface area contributed by atoms with Crippen LogP contribution in [0.25, 0.3) is 21.7 Å². The molecule has 1 fully saturated rings. The Balaban J connectivity index is 1.83. The molecule has 4 heterocycles. The van der Waals surface area contributed by atoms with Gasteiger partial charge in [-0.3, -0.25) is 4.57 Å². The second-order valence-electron chi connectivity index (χ2n) is 5.90. The van der Waals surface area contributed by atoms with Gasteiger partial charge in [0.2, 0.25) is 0 Å². The Kier molecular flexibility index (Phi) is 3.62. The first-order valence-corrected chi connectivity index (χ1v) is 8.30. The van der Waals surface area contributed by atoms with E-state index in [4.69, 9.17) is 4.74 Å². The van der Waals surface area contributed by atoms with Crippen LogP contribution in [0.2, 0.25) is 0 Å². The van der Waals surface area contributed by atoms with E-state index in [1.54, 1.807) is 15.9 Å².